The molecule has 27 heavy (non-hydrogen) atoms. The fourth-order valence-corrected chi connectivity index (χ4v) is 3.07. The van der Waals surface area contributed by atoms with Crippen molar-refractivity contribution < 1.29 is 14.3 Å². The summed E-state index contributed by atoms with van der Waals surface area (Å²) < 4.78 is 5.21. The zero-order chi connectivity index (χ0) is 19.4. The van der Waals surface area contributed by atoms with Gasteiger partial charge in [0, 0.05) is 17.3 Å². The van der Waals surface area contributed by atoms with E-state index in [9.17, 15) is 9.59 Å². The highest BCUT2D eigenvalue weighted by Gasteiger charge is 2.38. The average molecular weight is 388 g/mol. The van der Waals surface area contributed by atoms with E-state index in [1.165, 1.54) is 0 Å². The molecule has 1 aliphatic rings. The van der Waals surface area contributed by atoms with Gasteiger partial charge < -0.3 is 15.0 Å². The van der Waals surface area contributed by atoms with Gasteiger partial charge in [-0.25, -0.2) is 4.79 Å². The summed E-state index contributed by atoms with van der Waals surface area (Å²) in [7, 11) is 0. The molecule has 2 amide bonds. The van der Waals surface area contributed by atoms with Crippen LogP contribution in [0.2, 0.25) is 5.02 Å². The largest absolute Gasteiger partial charge is 0.449 e. The van der Waals surface area contributed by atoms with Crippen molar-refractivity contribution in [2.45, 2.75) is 25.8 Å². The molecule has 0 saturated heterocycles. The molecule has 2 N–H and O–H groups in total. The van der Waals surface area contributed by atoms with E-state index in [0.717, 1.165) is 11.4 Å². The molecule has 1 aliphatic heterocycles. The van der Waals surface area contributed by atoms with Gasteiger partial charge in [-0.05, 0) is 56.7 Å². The number of amides is 2. The summed E-state index contributed by atoms with van der Waals surface area (Å²) in [6.07, 6.45) is -0.00539. The monoisotopic (exact) mass is 387 g/mol. The Balaban J connectivity index is 1.53. The number of rotatable bonds is 5. The number of hydrogen-bond acceptors (Lipinski definition) is 4. The first kappa shape index (κ1) is 19.0. The van der Waals surface area contributed by atoms with Gasteiger partial charge in [-0.15, -0.1) is 0 Å². The summed E-state index contributed by atoms with van der Waals surface area (Å²) in [6, 6.07) is 14.5. The molecule has 0 spiro atoms. The van der Waals surface area contributed by atoms with Crippen LogP contribution < -0.4 is 15.5 Å². The molecule has 2 aromatic carbocycles. The van der Waals surface area contributed by atoms with Gasteiger partial charge in [0.15, 0.2) is 0 Å². The lowest BCUT2D eigenvalue weighted by atomic mass is 9.98. The normalized spacial score (nSPS) is 14.9. The number of benzene rings is 2. The van der Waals surface area contributed by atoms with Crippen molar-refractivity contribution in [1.82, 2.24) is 0 Å². The molecule has 0 aromatic heterocycles. The summed E-state index contributed by atoms with van der Waals surface area (Å²) in [6.45, 7) is 4.39. The number of nitrogens with zero attached hydrogens (tertiary/aromatic N) is 1. The summed E-state index contributed by atoms with van der Waals surface area (Å²) in [5, 5.41) is 6.49. The van der Waals surface area contributed by atoms with Crippen molar-refractivity contribution in [2.24, 2.45) is 0 Å². The maximum atomic E-state index is 12.7. The van der Waals surface area contributed by atoms with Crippen molar-refractivity contribution in [2.75, 3.05) is 28.7 Å². The molecule has 1 heterocycles. The number of carbonyl (C=O) groups is 2. The summed E-state index contributed by atoms with van der Waals surface area (Å²) in [5.74, 6) is -0.00758. The maximum absolute atomic E-state index is 12.7. The van der Waals surface area contributed by atoms with Gasteiger partial charge in [0.25, 0.3) is 5.91 Å². The van der Waals surface area contributed by atoms with Crippen LogP contribution >= 0.6 is 11.6 Å². The number of hydrogen-bond donors (Lipinski definition) is 2. The highest BCUT2D eigenvalue weighted by Crippen LogP contribution is 2.34. The summed E-state index contributed by atoms with van der Waals surface area (Å²) in [5.41, 5.74) is 1.69. The van der Waals surface area contributed by atoms with Gasteiger partial charge in [-0.2, -0.15) is 0 Å². The summed E-state index contributed by atoms with van der Waals surface area (Å²) >= 11 is 5.81. The number of anilines is 3. The minimum Gasteiger partial charge on any atom is -0.449 e. The number of fused-ring (bicyclic) bond motifs is 1. The van der Waals surface area contributed by atoms with Crippen LogP contribution in [0.3, 0.4) is 0 Å². The highest BCUT2D eigenvalue weighted by atomic mass is 35.5. The third kappa shape index (κ3) is 4.52. The molecule has 0 bridgehead atoms. The lowest BCUT2D eigenvalue weighted by Crippen LogP contribution is -2.54. The zero-order valence-electron chi connectivity index (χ0n) is 15.3. The second kappa shape index (κ2) is 7.88. The number of nitrogens with one attached hydrogen (secondary N) is 2. The second-order valence-electron chi connectivity index (χ2n) is 6.85. The standard InChI is InChI=1S/C20H22ClN3O3/c1-20(2)18(25)24(17-7-4-3-6-16(17)23-20)12-5-13-27-19(26)22-15-10-8-14(21)9-11-15/h3-4,6-11,23H,5,12-13H2,1-2H3,(H,22,26). The van der Waals surface area contributed by atoms with Gasteiger partial charge in [0.2, 0.25) is 0 Å². The molecule has 0 radical (unpaired) electrons. The minimum absolute atomic E-state index is 0.00758. The predicted octanol–water partition coefficient (Wildman–Crippen LogP) is 4.52. The van der Waals surface area contributed by atoms with Crippen LogP contribution in [0.25, 0.3) is 0 Å². The van der Waals surface area contributed by atoms with Gasteiger partial charge in [0.1, 0.15) is 5.54 Å². The van der Waals surface area contributed by atoms with E-state index in [1.54, 1.807) is 29.2 Å². The fourth-order valence-electron chi connectivity index (χ4n) is 2.95. The van der Waals surface area contributed by atoms with Crippen molar-refractivity contribution in [3.63, 3.8) is 0 Å². The highest BCUT2D eigenvalue weighted by molar-refractivity contribution is 6.30. The quantitative estimate of drug-likeness (QED) is 0.740. The van der Waals surface area contributed by atoms with Crippen LogP contribution in [-0.2, 0) is 9.53 Å². The Morgan fingerprint density at radius 1 is 1.19 bits per heavy atom. The molecule has 7 heteroatoms. The van der Waals surface area contributed by atoms with Gasteiger partial charge in [-0.3, -0.25) is 10.1 Å². The van der Waals surface area contributed by atoms with Crippen LogP contribution in [0.5, 0.6) is 0 Å². The van der Waals surface area contributed by atoms with Gasteiger partial charge in [0.05, 0.1) is 18.0 Å². The third-order valence-electron chi connectivity index (χ3n) is 4.27. The number of halogens is 1. The van der Waals surface area contributed by atoms with E-state index in [2.05, 4.69) is 10.6 Å². The first-order chi connectivity index (χ1) is 12.9. The van der Waals surface area contributed by atoms with E-state index in [1.807, 2.05) is 38.1 Å². The van der Waals surface area contributed by atoms with E-state index < -0.39 is 11.6 Å². The first-order valence-electron chi connectivity index (χ1n) is 8.75. The van der Waals surface area contributed by atoms with Crippen LogP contribution in [0, 0.1) is 0 Å². The predicted molar refractivity (Wildman–Crippen MR) is 108 cm³/mol. The molecule has 0 aliphatic carbocycles. The van der Waals surface area contributed by atoms with Crippen molar-refractivity contribution in [1.29, 1.82) is 0 Å². The fraction of sp³-hybridized carbons (Fsp3) is 0.300. The van der Waals surface area contributed by atoms with E-state index in [-0.39, 0.29) is 12.5 Å². The van der Waals surface area contributed by atoms with E-state index >= 15 is 0 Å². The van der Waals surface area contributed by atoms with Crippen LogP contribution in [0.1, 0.15) is 20.3 Å². The molecular weight excluding hydrogens is 366 g/mol. The molecule has 0 atom stereocenters. The summed E-state index contributed by atoms with van der Waals surface area (Å²) in [4.78, 5) is 26.3. The lowest BCUT2D eigenvalue weighted by Gasteiger charge is -2.39. The van der Waals surface area contributed by atoms with Crippen molar-refractivity contribution >= 4 is 40.7 Å². The van der Waals surface area contributed by atoms with Crippen LogP contribution in [0.4, 0.5) is 21.9 Å². The number of para-hydroxylation sites is 2. The Hall–Kier alpha value is -2.73. The Labute approximate surface area is 163 Å². The molecule has 2 aromatic rings. The number of carbonyl (C=O) groups excluding carboxylic acids is 2. The third-order valence-corrected chi connectivity index (χ3v) is 4.52. The topological polar surface area (TPSA) is 70.7 Å². The maximum Gasteiger partial charge on any atom is 0.411 e. The molecule has 142 valence electrons. The smallest absolute Gasteiger partial charge is 0.411 e. The lowest BCUT2D eigenvalue weighted by molar-refractivity contribution is -0.122. The van der Waals surface area contributed by atoms with Crippen molar-refractivity contribution in [3.8, 4) is 0 Å². The Bertz CT molecular complexity index is 837. The van der Waals surface area contributed by atoms with Crippen LogP contribution in [-0.4, -0.2) is 30.7 Å². The second-order valence-corrected chi connectivity index (χ2v) is 7.28. The van der Waals surface area contributed by atoms with Crippen LogP contribution in [0.15, 0.2) is 48.5 Å². The molecule has 3 rings (SSSR count). The van der Waals surface area contributed by atoms with E-state index in [4.69, 9.17) is 16.3 Å². The molecule has 0 unspecified atom stereocenters. The average Bonchev–Trinajstić information content (AvgIpc) is 2.63. The first-order valence-corrected chi connectivity index (χ1v) is 9.13. The van der Waals surface area contributed by atoms with Gasteiger partial charge >= 0.3 is 6.09 Å². The SMILES string of the molecule is CC1(C)Nc2ccccc2N(CCCOC(=O)Nc2ccc(Cl)cc2)C1=O. The molecule has 0 fully saturated rings. The van der Waals surface area contributed by atoms with Gasteiger partial charge in [-0.1, -0.05) is 23.7 Å². The Morgan fingerprint density at radius 3 is 2.63 bits per heavy atom. The Kier molecular flexibility index (Phi) is 5.56. The van der Waals surface area contributed by atoms with Crippen molar-refractivity contribution in [3.05, 3.63) is 53.6 Å². The Morgan fingerprint density at radius 2 is 1.89 bits per heavy atom. The van der Waals surface area contributed by atoms with E-state index in [0.29, 0.717) is 23.7 Å². The number of ether oxygens (including phenoxy) is 1. The molecular formula is C20H22ClN3O3. The zero-order valence-corrected chi connectivity index (χ0v) is 16.0. The minimum atomic E-state index is -0.679. The molecule has 6 nitrogen and oxygen atoms in total. The molecule has 0 saturated carbocycles.